The zero-order valence-electron chi connectivity index (χ0n) is 66.5. The molecule has 0 aliphatic heterocycles. The van der Waals surface area contributed by atoms with Crippen molar-refractivity contribution in [1.29, 1.82) is 0 Å². The zero-order chi connectivity index (χ0) is 74.6. The third-order valence-corrected chi connectivity index (χ3v) is 21.3. The molecule has 0 aromatic carbocycles. The van der Waals surface area contributed by atoms with Crippen LogP contribution in [0.3, 0.4) is 0 Å². The van der Waals surface area contributed by atoms with Crippen LogP contribution in [-0.4, -0.2) is 96.7 Å². The largest absolute Gasteiger partial charge is 0.472 e. The van der Waals surface area contributed by atoms with Crippen LogP contribution < -0.4 is 0 Å². The molecule has 0 aromatic rings. The Kier molecular flexibility index (Phi) is 69.6. The van der Waals surface area contributed by atoms with Crippen LogP contribution in [0, 0.1) is 23.7 Å². The fraction of sp³-hybridized carbons (Fsp3) is 0.951. The van der Waals surface area contributed by atoms with Crippen LogP contribution in [0.1, 0.15) is 421 Å². The number of esters is 4. The topological polar surface area (TPSA) is 237 Å². The Hall–Kier alpha value is -1.94. The van der Waals surface area contributed by atoms with Gasteiger partial charge in [0.1, 0.15) is 19.3 Å². The molecule has 0 aliphatic rings. The summed E-state index contributed by atoms with van der Waals surface area (Å²) in [5.74, 6) is 1.01. The molecule has 0 saturated carbocycles. The van der Waals surface area contributed by atoms with Gasteiger partial charge in [0.05, 0.1) is 26.4 Å². The molecule has 17 nitrogen and oxygen atoms in total. The lowest BCUT2D eigenvalue weighted by atomic mass is 9.99. The van der Waals surface area contributed by atoms with Gasteiger partial charge in [-0.25, -0.2) is 9.13 Å². The van der Waals surface area contributed by atoms with Crippen molar-refractivity contribution in [1.82, 2.24) is 0 Å². The molecule has 3 N–H and O–H groups in total. The molecular weight excluding hydrogens is 1320 g/mol. The van der Waals surface area contributed by atoms with E-state index in [4.69, 9.17) is 37.0 Å². The molecule has 101 heavy (non-hydrogen) atoms. The Balaban J connectivity index is 5.21. The van der Waals surface area contributed by atoms with Crippen LogP contribution in [0.15, 0.2) is 0 Å². The first-order valence-corrected chi connectivity index (χ1v) is 45.2. The summed E-state index contributed by atoms with van der Waals surface area (Å²) in [5.41, 5.74) is 0. The van der Waals surface area contributed by atoms with Crippen molar-refractivity contribution in [3.63, 3.8) is 0 Å². The molecule has 0 aromatic heterocycles. The third-order valence-electron chi connectivity index (χ3n) is 19.4. The molecule has 0 bridgehead atoms. The van der Waals surface area contributed by atoms with Crippen molar-refractivity contribution >= 4 is 39.5 Å². The Morgan fingerprint density at radius 1 is 0.277 bits per heavy atom. The van der Waals surface area contributed by atoms with E-state index < -0.39 is 97.5 Å². The van der Waals surface area contributed by atoms with Crippen LogP contribution in [0.25, 0.3) is 0 Å². The number of carbonyl (C=O) groups is 4. The minimum absolute atomic E-state index is 0.105. The Bertz CT molecular complexity index is 1970. The molecule has 0 rings (SSSR count). The molecule has 0 fully saturated rings. The maximum Gasteiger partial charge on any atom is 0.472 e. The number of hydrogen-bond donors (Lipinski definition) is 3. The molecule has 0 heterocycles. The van der Waals surface area contributed by atoms with Gasteiger partial charge in [-0.15, -0.1) is 0 Å². The Morgan fingerprint density at radius 2 is 0.475 bits per heavy atom. The van der Waals surface area contributed by atoms with Crippen LogP contribution in [0.4, 0.5) is 0 Å². The van der Waals surface area contributed by atoms with Crippen molar-refractivity contribution in [3.05, 3.63) is 0 Å². The van der Waals surface area contributed by atoms with Gasteiger partial charge in [0, 0.05) is 25.7 Å². The fourth-order valence-corrected chi connectivity index (χ4v) is 14.2. The summed E-state index contributed by atoms with van der Waals surface area (Å²) in [6.07, 6.45) is 58.3. The van der Waals surface area contributed by atoms with Crippen LogP contribution in [0.5, 0.6) is 0 Å². The maximum absolute atomic E-state index is 13.1. The van der Waals surface area contributed by atoms with Crippen LogP contribution in [0.2, 0.25) is 0 Å². The number of phosphoric acid groups is 2. The highest BCUT2D eigenvalue weighted by Crippen LogP contribution is 2.45. The number of unbranched alkanes of at least 4 members (excludes halogenated alkanes) is 44. The van der Waals surface area contributed by atoms with Crippen molar-refractivity contribution in [3.8, 4) is 0 Å². The lowest BCUT2D eigenvalue weighted by Crippen LogP contribution is -2.30. The second-order valence-electron chi connectivity index (χ2n) is 31.2. The summed E-state index contributed by atoms with van der Waals surface area (Å²) in [6.45, 7) is 14.3. The van der Waals surface area contributed by atoms with Gasteiger partial charge in [0.15, 0.2) is 12.2 Å². The average molecular weight is 1480 g/mol. The lowest BCUT2D eigenvalue weighted by molar-refractivity contribution is -0.161. The average Bonchev–Trinajstić information content (AvgIpc) is 1.57. The standard InChI is InChI=1S/C82H160O17P2/c1-9-75(8)61-53-45-37-28-21-16-14-12-10-11-13-15-17-22-29-38-46-54-62-79(84)92-68-77(98-81(86)64-56-48-40-30-23-19-18-20-26-34-42-50-58-72(2)3)70-96-100(88,89)94-66-76(83)67-95-101(90,91)97-71-78(69-93-80(85)63-55-47-39-33-32-36-44-52-60-74(6)7)99-82(87)65-57-49-41-31-25-24-27-35-43-51-59-73(4)5/h72-78,83H,9-71H2,1-8H3,(H,88,89)(H,90,91)/t75?,76?,77-,78-/m1/s1. The number of aliphatic hydroxyl groups is 1. The van der Waals surface area contributed by atoms with E-state index in [2.05, 4.69) is 55.4 Å². The van der Waals surface area contributed by atoms with E-state index in [1.54, 1.807) is 0 Å². The highest BCUT2D eigenvalue weighted by molar-refractivity contribution is 7.47. The van der Waals surface area contributed by atoms with Gasteiger partial charge >= 0.3 is 39.5 Å². The van der Waals surface area contributed by atoms with Gasteiger partial charge in [0.25, 0.3) is 0 Å². The van der Waals surface area contributed by atoms with E-state index in [0.29, 0.717) is 25.7 Å². The van der Waals surface area contributed by atoms with E-state index in [9.17, 15) is 43.2 Å². The van der Waals surface area contributed by atoms with Gasteiger partial charge in [-0.3, -0.25) is 37.3 Å². The van der Waals surface area contributed by atoms with Gasteiger partial charge in [-0.1, -0.05) is 370 Å². The summed E-state index contributed by atoms with van der Waals surface area (Å²) in [6, 6.07) is 0. The van der Waals surface area contributed by atoms with Gasteiger partial charge in [-0.2, -0.15) is 0 Å². The lowest BCUT2D eigenvalue weighted by Gasteiger charge is -2.21. The molecule has 0 saturated heterocycles. The molecule has 19 heteroatoms. The highest BCUT2D eigenvalue weighted by Gasteiger charge is 2.30. The summed E-state index contributed by atoms with van der Waals surface area (Å²) >= 11 is 0. The van der Waals surface area contributed by atoms with Crippen molar-refractivity contribution in [2.24, 2.45) is 23.7 Å². The SMILES string of the molecule is CCC(C)CCCCCCCCCCCCCCCCCCCCC(=O)OC[C@H](COP(=O)(O)OCC(O)COP(=O)(O)OC[C@@H](COC(=O)CCCCCCCCCCC(C)C)OC(=O)CCCCCCCCCCCCC(C)C)OC(=O)CCCCCCCCCCCCCCC(C)C. The quantitative estimate of drug-likeness (QED) is 0.0222. The van der Waals surface area contributed by atoms with Crippen LogP contribution in [-0.2, 0) is 65.4 Å². The van der Waals surface area contributed by atoms with Crippen LogP contribution >= 0.6 is 15.6 Å². The monoisotopic (exact) mass is 1480 g/mol. The fourth-order valence-electron chi connectivity index (χ4n) is 12.6. The summed E-state index contributed by atoms with van der Waals surface area (Å²) in [4.78, 5) is 73.0. The first kappa shape index (κ1) is 99.1. The number of rotatable bonds is 79. The maximum atomic E-state index is 13.1. The molecular formula is C82H160O17P2. The smallest absolute Gasteiger partial charge is 0.462 e. The van der Waals surface area contributed by atoms with E-state index in [1.807, 2.05) is 0 Å². The molecule has 600 valence electrons. The zero-order valence-corrected chi connectivity index (χ0v) is 68.3. The van der Waals surface area contributed by atoms with E-state index in [-0.39, 0.29) is 25.7 Å². The third kappa shape index (κ3) is 74.7. The second kappa shape index (κ2) is 71.0. The first-order chi connectivity index (χ1) is 48.6. The summed E-state index contributed by atoms with van der Waals surface area (Å²) in [7, 11) is -9.92. The summed E-state index contributed by atoms with van der Waals surface area (Å²) in [5, 5.41) is 10.6. The minimum atomic E-state index is -4.96. The normalized spacial score (nSPS) is 14.3. The predicted molar refractivity (Wildman–Crippen MR) is 414 cm³/mol. The van der Waals surface area contributed by atoms with E-state index >= 15 is 0 Å². The Morgan fingerprint density at radius 3 is 0.703 bits per heavy atom. The predicted octanol–water partition coefficient (Wildman–Crippen LogP) is 24.4. The van der Waals surface area contributed by atoms with Crippen molar-refractivity contribution in [2.45, 2.75) is 440 Å². The van der Waals surface area contributed by atoms with Crippen molar-refractivity contribution in [2.75, 3.05) is 39.6 Å². The highest BCUT2D eigenvalue weighted by atomic mass is 31.2. The van der Waals surface area contributed by atoms with Crippen molar-refractivity contribution < 1.29 is 80.2 Å². The van der Waals surface area contributed by atoms with E-state index in [0.717, 1.165) is 114 Å². The molecule has 0 spiro atoms. The molecule has 4 unspecified atom stereocenters. The summed E-state index contributed by atoms with van der Waals surface area (Å²) < 4.78 is 68.7. The van der Waals surface area contributed by atoms with Gasteiger partial charge in [-0.05, 0) is 49.4 Å². The molecule has 0 amide bonds. The molecule has 0 aliphatic carbocycles. The second-order valence-corrected chi connectivity index (χ2v) is 34.1. The first-order valence-electron chi connectivity index (χ1n) is 42.2. The number of aliphatic hydroxyl groups excluding tert-OH is 1. The molecule has 6 atom stereocenters. The van der Waals surface area contributed by atoms with E-state index in [1.165, 1.54) is 225 Å². The minimum Gasteiger partial charge on any atom is -0.462 e. The number of hydrogen-bond acceptors (Lipinski definition) is 15. The van der Waals surface area contributed by atoms with Gasteiger partial charge < -0.3 is 33.8 Å². The number of ether oxygens (including phenoxy) is 4. The Labute approximate surface area is 619 Å². The van der Waals surface area contributed by atoms with Gasteiger partial charge in [0.2, 0.25) is 0 Å². The number of carbonyl (C=O) groups excluding carboxylic acids is 4. The molecule has 0 radical (unpaired) electrons. The number of phosphoric ester groups is 2.